The molecule has 0 aliphatic carbocycles. The molecule has 1 aromatic heterocycles. The normalized spacial score (nSPS) is 14.7. The van der Waals surface area contributed by atoms with E-state index in [1.807, 2.05) is 12.1 Å². The number of carbonyl (C=O) groups excluding carboxylic acids is 2. The molecule has 2 N–H and O–H groups in total. The first kappa shape index (κ1) is 19.9. The lowest BCUT2D eigenvalue weighted by molar-refractivity contribution is 0.0879. The number of hydrogen-bond donors (Lipinski definition) is 2. The zero-order chi connectivity index (χ0) is 22.4. The van der Waals surface area contributed by atoms with Crippen LogP contribution in [0.25, 0.3) is 11.3 Å². The van der Waals surface area contributed by atoms with Gasteiger partial charge in [-0.2, -0.15) is 0 Å². The van der Waals surface area contributed by atoms with Gasteiger partial charge in [0.05, 0.1) is 29.6 Å². The van der Waals surface area contributed by atoms with Crippen molar-refractivity contribution in [3.8, 4) is 17.0 Å². The van der Waals surface area contributed by atoms with Gasteiger partial charge in [-0.25, -0.2) is 14.4 Å². The molecule has 0 saturated carbocycles. The summed E-state index contributed by atoms with van der Waals surface area (Å²) in [5.41, 5.74) is 2.73. The number of fused-ring (bicyclic) bond motifs is 2. The van der Waals surface area contributed by atoms with Crippen LogP contribution in [0, 0.1) is 5.82 Å². The molecule has 162 valence electrons. The van der Waals surface area contributed by atoms with Crippen LogP contribution in [0.5, 0.6) is 5.75 Å². The van der Waals surface area contributed by atoms with Crippen LogP contribution in [0.2, 0.25) is 0 Å². The highest BCUT2D eigenvalue weighted by Crippen LogP contribution is 2.37. The van der Waals surface area contributed by atoms with Crippen molar-refractivity contribution in [2.24, 2.45) is 0 Å². The predicted octanol–water partition coefficient (Wildman–Crippen LogP) is 3.52. The third-order valence-corrected chi connectivity index (χ3v) is 5.49. The number of anilines is 3. The Kier molecular flexibility index (Phi) is 4.73. The van der Waals surface area contributed by atoms with Gasteiger partial charge in [0.15, 0.2) is 5.82 Å². The average Bonchev–Trinajstić information content (AvgIpc) is 3.07. The molecule has 0 spiro atoms. The number of rotatable bonds is 4. The predicted molar refractivity (Wildman–Crippen MR) is 117 cm³/mol. The Morgan fingerprint density at radius 2 is 1.94 bits per heavy atom. The molecule has 0 radical (unpaired) electrons. The second kappa shape index (κ2) is 7.60. The standard InChI is InChI=1S/C23H20FN5O3/c1-12(2)29-7-8-32-19-6-3-13(9-18(19)29)20-17(24)11-25-23(27-20)26-14-4-5-15-16(10-14)22(31)28-21(15)30/h3-6,9-12H,7-8H2,1-2H3,(H,25,26,27)(H,28,30,31). The van der Waals surface area contributed by atoms with Gasteiger partial charge >= 0.3 is 0 Å². The summed E-state index contributed by atoms with van der Waals surface area (Å²) in [6, 6.07) is 10.5. The molecule has 9 heteroatoms. The lowest BCUT2D eigenvalue weighted by Gasteiger charge is -2.34. The molecule has 2 amide bonds. The van der Waals surface area contributed by atoms with Gasteiger partial charge in [-0.15, -0.1) is 0 Å². The Hall–Kier alpha value is -4.01. The van der Waals surface area contributed by atoms with E-state index in [9.17, 15) is 14.0 Å². The van der Waals surface area contributed by atoms with E-state index in [2.05, 4.69) is 39.3 Å². The Morgan fingerprint density at radius 3 is 2.75 bits per heavy atom. The van der Waals surface area contributed by atoms with Crippen molar-refractivity contribution in [3.63, 3.8) is 0 Å². The van der Waals surface area contributed by atoms with Crippen LogP contribution >= 0.6 is 0 Å². The molecule has 8 nitrogen and oxygen atoms in total. The van der Waals surface area contributed by atoms with E-state index < -0.39 is 17.6 Å². The summed E-state index contributed by atoms with van der Waals surface area (Å²) >= 11 is 0. The van der Waals surface area contributed by atoms with E-state index in [0.29, 0.717) is 23.4 Å². The Bertz CT molecular complexity index is 1260. The lowest BCUT2D eigenvalue weighted by atomic mass is 10.1. The number of aromatic nitrogens is 2. The van der Waals surface area contributed by atoms with E-state index in [0.717, 1.165) is 24.2 Å². The van der Waals surface area contributed by atoms with Gasteiger partial charge < -0.3 is 15.0 Å². The molecule has 0 fully saturated rings. The Labute approximate surface area is 183 Å². The molecule has 3 heterocycles. The Balaban J connectivity index is 1.48. The van der Waals surface area contributed by atoms with Crippen LogP contribution in [0.1, 0.15) is 34.6 Å². The maximum absolute atomic E-state index is 14.7. The average molecular weight is 433 g/mol. The quantitative estimate of drug-likeness (QED) is 0.608. The fraction of sp³-hybridized carbons (Fsp3) is 0.217. The smallest absolute Gasteiger partial charge is 0.259 e. The molecular weight excluding hydrogens is 413 g/mol. The molecule has 0 unspecified atom stereocenters. The van der Waals surface area contributed by atoms with Gasteiger partial charge in [-0.1, -0.05) is 0 Å². The van der Waals surface area contributed by atoms with Gasteiger partial charge in [0.1, 0.15) is 18.1 Å². The fourth-order valence-electron chi connectivity index (χ4n) is 3.93. The number of benzene rings is 2. The van der Waals surface area contributed by atoms with Crippen molar-refractivity contribution in [2.45, 2.75) is 19.9 Å². The number of halogens is 1. The summed E-state index contributed by atoms with van der Waals surface area (Å²) < 4.78 is 20.4. The van der Waals surface area contributed by atoms with E-state index >= 15 is 0 Å². The van der Waals surface area contributed by atoms with Gasteiger partial charge in [0, 0.05) is 17.3 Å². The number of imide groups is 1. The zero-order valence-electron chi connectivity index (χ0n) is 17.5. The fourth-order valence-corrected chi connectivity index (χ4v) is 3.93. The number of amides is 2. The first-order valence-electron chi connectivity index (χ1n) is 10.2. The van der Waals surface area contributed by atoms with Crippen molar-refractivity contribution in [1.29, 1.82) is 0 Å². The van der Waals surface area contributed by atoms with Crippen molar-refractivity contribution in [3.05, 3.63) is 59.5 Å². The molecule has 3 aromatic rings. The molecule has 5 rings (SSSR count). The van der Waals surface area contributed by atoms with E-state index in [1.165, 1.54) is 0 Å². The SMILES string of the molecule is CC(C)N1CCOc2ccc(-c3nc(Nc4ccc5c(c4)C(=O)NC5=O)ncc3F)cc21. The van der Waals surface area contributed by atoms with Crippen LogP contribution in [0.15, 0.2) is 42.6 Å². The second-order valence-corrected chi connectivity index (χ2v) is 7.88. The molecule has 0 saturated heterocycles. The topological polar surface area (TPSA) is 96.5 Å². The van der Waals surface area contributed by atoms with Crippen LogP contribution < -0.4 is 20.3 Å². The highest BCUT2D eigenvalue weighted by Gasteiger charge is 2.27. The minimum Gasteiger partial charge on any atom is -0.490 e. The van der Waals surface area contributed by atoms with Crippen molar-refractivity contribution < 1.29 is 18.7 Å². The third-order valence-electron chi connectivity index (χ3n) is 5.49. The summed E-state index contributed by atoms with van der Waals surface area (Å²) in [4.78, 5) is 34.2. The maximum Gasteiger partial charge on any atom is 0.259 e. The molecule has 0 atom stereocenters. The van der Waals surface area contributed by atoms with Crippen LogP contribution in [-0.2, 0) is 0 Å². The molecule has 0 bridgehead atoms. The Morgan fingerprint density at radius 1 is 1.12 bits per heavy atom. The van der Waals surface area contributed by atoms with E-state index in [4.69, 9.17) is 4.74 Å². The molecule has 2 aliphatic rings. The van der Waals surface area contributed by atoms with Crippen LogP contribution in [0.4, 0.5) is 21.7 Å². The lowest BCUT2D eigenvalue weighted by Crippen LogP contribution is -2.37. The van der Waals surface area contributed by atoms with Gasteiger partial charge in [0.2, 0.25) is 5.95 Å². The molecular formula is C23H20FN5O3. The first-order valence-corrected chi connectivity index (χ1v) is 10.2. The monoisotopic (exact) mass is 433 g/mol. The molecule has 2 aliphatic heterocycles. The second-order valence-electron chi connectivity index (χ2n) is 7.88. The first-order chi connectivity index (χ1) is 15.4. The number of ether oxygens (including phenoxy) is 1. The summed E-state index contributed by atoms with van der Waals surface area (Å²) in [6.45, 7) is 5.55. The van der Waals surface area contributed by atoms with Crippen LogP contribution in [0.3, 0.4) is 0 Å². The summed E-state index contributed by atoms with van der Waals surface area (Å²) in [5, 5.41) is 5.23. The van der Waals surface area contributed by atoms with Crippen molar-refractivity contribution in [1.82, 2.24) is 15.3 Å². The largest absolute Gasteiger partial charge is 0.490 e. The summed E-state index contributed by atoms with van der Waals surface area (Å²) in [6.07, 6.45) is 1.10. The highest BCUT2D eigenvalue weighted by atomic mass is 19.1. The van der Waals surface area contributed by atoms with Crippen molar-refractivity contribution >= 4 is 29.1 Å². The van der Waals surface area contributed by atoms with Crippen LogP contribution in [-0.4, -0.2) is 41.0 Å². The van der Waals surface area contributed by atoms with Gasteiger partial charge in [-0.3, -0.25) is 14.9 Å². The number of carbonyl (C=O) groups is 2. The molecule has 32 heavy (non-hydrogen) atoms. The summed E-state index contributed by atoms with van der Waals surface area (Å²) in [5.74, 6) is -0.514. The zero-order valence-corrected chi connectivity index (χ0v) is 17.5. The van der Waals surface area contributed by atoms with Crippen molar-refractivity contribution in [2.75, 3.05) is 23.4 Å². The van der Waals surface area contributed by atoms with E-state index in [-0.39, 0.29) is 23.2 Å². The van der Waals surface area contributed by atoms with Gasteiger partial charge in [-0.05, 0) is 50.2 Å². The molecule has 2 aromatic carbocycles. The third kappa shape index (κ3) is 3.41. The van der Waals surface area contributed by atoms with E-state index in [1.54, 1.807) is 24.3 Å². The van der Waals surface area contributed by atoms with Gasteiger partial charge in [0.25, 0.3) is 11.8 Å². The minimum atomic E-state index is -0.553. The highest BCUT2D eigenvalue weighted by molar-refractivity contribution is 6.21. The maximum atomic E-state index is 14.7. The number of nitrogens with one attached hydrogen (secondary N) is 2. The summed E-state index contributed by atoms with van der Waals surface area (Å²) in [7, 11) is 0. The minimum absolute atomic E-state index is 0.147. The number of nitrogens with zero attached hydrogens (tertiary/aromatic N) is 3. The number of hydrogen-bond acceptors (Lipinski definition) is 7.